The summed E-state index contributed by atoms with van der Waals surface area (Å²) < 4.78 is 7.41. The first-order chi connectivity index (χ1) is 40.6. The summed E-state index contributed by atoms with van der Waals surface area (Å²) >= 11 is 14.4. The molecule has 0 fully saturated rings. The lowest BCUT2D eigenvalue weighted by Gasteiger charge is -2.06. The number of nitrogens with two attached hydrogens (primary N) is 6. The lowest BCUT2D eigenvalue weighted by atomic mass is 9.98. The molecule has 84 heavy (non-hydrogen) atoms. The van der Waals surface area contributed by atoms with E-state index >= 15 is 0 Å². The number of hydrogen-bond donors (Lipinski definition) is 6. The Morgan fingerprint density at radius 2 is 0.500 bits per heavy atom. The Balaban J connectivity index is 0.000000109. The van der Waals surface area contributed by atoms with Gasteiger partial charge < -0.3 is 35.1 Å². The fourth-order valence-corrected chi connectivity index (χ4v) is 21.6. The van der Waals surface area contributed by atoms with Crippen LogP contribution in [0.15, 0.2) is 116 Å². The average Bonchev–Trinajstić information content (AvgIpc) is 1.66. The van der Waals surface area contributed by atoms with Crippen molar-refractivity contribution in [2.24, 2.45) is 65.7 Å². The highest BCUT2D eigenvalue weighted by Gasteiger charge is 2.25. The van der Waals surface area contributed by atoms with Crippen molar-refractivity contribution >= 4 is 216 Å². The van der Waals surface area contributed by atoms with Gasteiger partial charge in [0.25, 0.3) is 0 Å². The fourth-order valence-electron chi connectivity index (χ4n) is 13.0. The van der Waals surface area contributed by atoms with E-state index in [0.717, 1.165) is 96.8 Å². The Morgan fingerprint density at radius 1 is 0.226 bits per heavy atom. The molecular formula is C64H50N12S8. The van der Waals surface area contributed by atoms with E-state index in [2.05, 4.69) is 171 Å². The van der Waals surface area contributed by atoms with Crippen molar-refractivity contribution in [3.05, 3.63) is 157 Å². The molecule has 12 nitrogen and oxygen atoms in total. The summed E-state index contributed by atoms with van der Waals surface area (Å²) in [6, 6.07) is 30.7. The molecule has 0 saturated heterocycles. The van der Waals surface area contributed by atoms with Crippen molar-refractivity contribution in [2.45, 2.75) is 55.4 Å². The second-order valence-corrected chi connectivity index (χ2v) is 31.1. The van der Waals surface area contributed by atoms with E-state index in [1.165, 1.54) is 120 Å². The summed E-state index contributed by atoms with van der Waals surface area (Å²) in [5.74, 6) is 35.0. The van der Waals surface area contributed by atoms with E-state index in [1.54, 1.807) is 68.0 Å². The highest BCUT2D eigenvalue weighted by molar-refractivity contribution is 7.28. The first-order valence-corrected chi connectivity index (χ1v) is 33.3. The SMILES string of the molecule is Cc1cc2/c(=N\N)c3c(C)c4c(c(C)c3c2s1)/c(=N/N)c1cc(C)sc14.Cc1cc2/c(=N\N)c3cc4c(cc3c2s1)/c(=N/N)c1cc(C)sc14.Cc1ccc(-c2cc3/c(=N\N)c4cc5c(cc4c3s2)/c(=N/N)c2cc(-c3ccc(C)s3)sc25)s1. The van der Waals surface area contributed by atoms with Crippen molar-refractivity contribution in [1.82, 2.24) is 0 Å². The molecule has 0 aliphatic rings. The van der Waals surface area contributed by atoms with Crippen LogP contribution in [0.5, 0.6) is 0 Å². The molecule has 8 heterocycles. The van der Waals surface area contributed by atoms with E-state index in [9.17, 15) is 0 Å². The molecule has 20 heteroatoms. The number of aryl methyl sites for hydroxylation is 8. The van der Waals surface area contributed by atoms with Gasteiger partial charge in [0.05, 0.1) is 32.1 Å². The molecular weight excluding hydrogens is 1190 g/mol. The summed E-state index contributed by atoms with van der Waals surface area (Å²) in [4.78, 5) is 12.7. The minimum atomic E-state index is 0.855. The first kappa shape index (κ1) is 52.9. The molecule has 0 amide bonds. The molecule has 8 aromatic heterocycles. The molecule has 9 aromatic carbocycles. The lowest BCUT2D eigenvalue weighted by molar-refractivity contribution is 1.17. The first-order valence-electron chi connectivity index (χ1n) is 26.8. The third-order valence-corrected chi connectivity index (χ3v) is 25.4. The molecule has 0 radical (unpaired) electrons. The lowest BCUT2D eigenvalue weighted by Crippen LogP contribution is -2.07. The predicted molar refractivity (Wildman–Crippen MR) is 367 cm³/mol. The van der Waals surface area contributed by atoms with Crippen LogP contribution in [0.1, 0.15) is 40.4 Å². The van der Waals surface area contributed by atoms with Gasteiger partial charge in [0.2, 0.25) is 0 Å². The number of hydrogen-bond acceptors (Lipinski definition) is 20. The number of thiophene rings is 8. The molecule has 0 saturated carbocycles. The Hall–Kier alpha value is -7.92. The largest absolute Gasteiger partial charge is 0.323 e. The minimum absolute atomic E-state index is 0.855. The maximum absolute atomic E-state index is 5.95. The number of nitrogens with zero attached hydrogens (tertiary/aromatic N) is 6. The van der Waals surface area contributed by atoms with E-state index in [-0.39, 0.29) is 0 Å². The molecule has 0 unspecified atom stereocenters. The molecule has 0 atom stereocenters. The Kier molecular flexibility index (Phi) is 12.1. The van der Waals surface area contributed by atoms with Crippen LogP contribution < -0.4 is 67.2 Å². The van der Waals surface area contributed by atoms with Gasteiger partial charge in [-0.2, -0.15) is 30.6 Å². The van der Waals surface area contributed by atoms with E-state index in [1.807, 2.05) is 22.7 Å². The topological polar surface area (TPSA) is 230 Å². The monoisotopic (exact) mass is 1240 g/mol. The van der Waals surface area contributed by atoms with Crippen LogP contribution in [0, 0.1) is 55.4 Å². The van der Waals surface area contributed by atoms with Gasteiger partial charge in [-0.1, -0.05) is 0 Å². The van der Waals surface area contributed by atoms with E-state index in [4.69, 9.17) is 35.1 Å². The predicted octanol–water partition coefficient (Wildman–Crippen LogP) is 14.5. The minimum Gasteiger partial charge on any atom is -0.323 e. The summed E-state index contributed by atoms with van der Waals surface area (Å²) in [7, 11) is 0. The van der Waals surface area contributed by atoms with Crippen LogP contribution in [-0.4, -0.2) is 0 Å². The van der Waals surface area contributed by atoms with Crippen molar-refractivity contribution in [3.8, 4) is 19.5 Å². The van der Waals surface area contributed by atoms with E-state index in [0.29, 0.717) is 0 Å². The molecule has 17 aromatic rings. The van der Waals surface area contributed by atoms with Crippen molar-refractivity contribution in [3.63, 3.8) is 0 Å². The van der Waals surface area contributed by atoms with Gasteiger partial charge in [0.1, 0.15) is 0 Å². The zero-order valence-electron chi connectivity index (χ0n) is 46.5. The van der Waals surface area contributed by atoms with Crippen molar-refractivity contribution in [1.29, 1.82) is 0 Å². The highest BCUT2D eigenvalue weighted by Crippen LogP contribution is 2.46. The molecule has 0 aliphatic carbocycles. The second kappa shape index (κ2) is 19.3. The van der Waals surface area contributed by atoms with Gasteiger partial charge in [0, 0.05) is 174 Å². The number of benzene rings is 3. The molecule has 0 aliphatic heterocycles. The van der Waals surface area contributed by atoms with Crippen LogP contribution in [-0.2, 0) is 0 Å². The van der Waals surface area contributed by atoms with Crippen LogP contribution in [0.2, 0.25) is 0 Å². The number of rotatable bonds is 2. The Labute approximate surface area is 509 Å². The van der Waals surface area contributed by atoms with Gasteiger partial charge in [-0.05, 0) is 151 Å². The van der Waals surface area contributed by atoms with Gasteiger partial charge >= 0.3 is 0 Å². The summed E-state index contributed by atoms with van der Waals surface area (Å²) in [5, 5.41) is 50.9. The molecule has 0 bridgehead atoms. The third kappa shape index (κ3) is 7.47. The van der Waals surface area contributed by atoms with Crippen LogP contribution >= 0.6 is 90.7 Å². The van der Waals surface area contributed by atoms with Gasteiger partial charge in [-0.25, -0.2) is 0 Å². The highest BCUT2D eigenvalue weighted by atomic mass is 32.1. The van der Waals surface area contributed by atoms with Crippen molar-refractivity contribution < 1.29 is 0 Å². The maximum Gasteiger partial charge on any atom is 0.0995 e. The van der Waals surface area contributed by atoms with E-state index < -0.39 is 0 Å². The number of fused-ring (bicyclic) bond motifs is 18. The van der Waals surface area contributed by atoms with Crippen LogP contribution in [0.25, 0.3) is 145 Å². The average molecular weight is 1240 g/mol. The second-order valence-electron chi connectivity index (χ2n) is 21.4. The Morgan fingerprint density at radius 3 is 0.786 bits per heavy atom. The van der Waals surface area contributed by atoms with Crippen molar-refractivity contribution in [2.75, 3.05) is 0 Å². The molecule has 414 valence electrons. The third-order valence-electron chi connectivity index (χ3n) is 16.4. The normalized spacial score (nSPS) is 14.0. The molecule has 12 N–H and O–H groups in total. The molecule has 0 spiro atoms. The van der Waals surface area contributed by atoms with Gasteiger partial charge in [-0.3, -0.25) is 0 Å². The maximum atomic E-state index is 5.95. The summed E-state index contributed by atoms with van der Waals surface area (Å²) in [5.41, 5.74) is 2.43. The molecule has 17 rings (SSSR count). The smallest absolute Gasteiger partial charge is 0.0995 e. The summed E-state index contributed by atoms with van der Waals surface area (Å²) in [6.45, 7) is 17.1. The quantitative estimate of drug-likeness (QED) is 0.0728. The van der Waals surface area contributed by atoms with Gasteiger partial charge in [-0.15, -0.1) is 90.7 Å². The van der Waals surface area contributed by atoms with Gasteiger partial charge in [0.15, 0.2) is 0 Å². The zero-order chi connectivity index (χ0) is 58.0. The zero-order valence-corrected chi connectivity index (χ0v) is 53.0. The fraction of sp³-hybridized carbons (Fsp3) is 0.125. The Bertz CT molecular complexity index is 5690. The van der Waals surface area contributed by atoms with Crippen LogP contribution in [0.3, 0.4) is 0 Å². The van der Waals surface area contributed by atoms with Crippen LogP contribution in [0.4, 0.5) is 0 Å². The summed E-state index contributed by atoms with van der Waals surface area (Å²) in [6.07, 6.45) is 0. The standard InChI is InChI=1S/C26H18N4S4.C20H18N4S2.C18H14N4S2/c1-11-3-5-19(31-11)21-9-17-23(29-27)13-8-16-14(7-15(13)25(17)33-21)24(30-28)18-10-22(34-26(16)18)20-6-4-12(2)32-20;1-7-5-11-17(23-21)13-10(4)16-14(9(3)15(13)19(11)25-7)18(24-22)12-6-8(2)26-20(12)16;1-7-3-13-15(21-19)9-6-12-10(5-11(9)17(13)23-7)16(22-20)14-4-8(2)24-18(12)14/h3-10H,27-28H2,1-2H3;5-6H,21-22H2,1-4H3;3-6H,19-20H2,1-2H3/b29-23-,30-24-;23-17+,24-18+;21-15-,22-16-.